The number of amides is 1. The maximum atomic E-state index is 13.1. The Hall–Kier alpha value is -3.24. The van der Waals surface area contributed by atoms with E-state index in [1.54, 1.807) is 31.3 Å². The van der Waals surface area contributed by atoms with Gasteiger partial charge in [-0.2, -0.15) is 5.26 Å². The zero-order chi connectivity index (χ0) is 20.6. The van der Waals surface area contributed by atoms with Crippen LogP contribution in [0.15, 0.2) is 59.2 Å². The van der Waals surface area contributed by atoms with E-state index in [1.807, 2.05) is 42.5 Å². The number of ether oxygens (including phenoxy) is 2. The number of nitriles is 1. The Kier molecular flexibility index (Phi) is 6.93. The van der Waals surface area contributed by atoms with Crippen molar-refractivity contribution in [1.82, 2.24) is 0 Å². The van der Waals surface area contributed by atoms with Gasteiger partial charge in [-0.25, -0.2) is 4.99 Å². The van der Waals surface area contributed by atoms with E-state index in [1.165, 1.54) is 11.8 Å². The van der Waals surface area contributed by atoms with Crippen molar-refractivity contribution in [2.45, 2.75) is 12.8 Å². The van der Waals surface area contributed by atoms with Gasteiger partial charge in [-0.05, 0) is 42.3 Å². The molecule has 0 saturated carbocycles. The maximum absolute atomic E-state index is 13.1. The summed E-state index contributed by atoms with van der Waals surface area (Å²) in [6, 6.07) is 16.9. The molecule has 1 aliphatic rings. The number of aliphatic imine (C=N–C) groups is 1. The molecule has 3 rings (SSSR count). The van der Waals surface area contributed by atoms with Crippen LogP contribution in [0.3, 0.4) is 0 Å². The van der Waals surface area contributed by atoms with Gasteiger partial charge >= 0.3 is 0 Å². The highest BCUT2D eigenvalue weighted by Gasteiger charge is 2.32. The Morgan fingerprint density at radius 3 is 2.59 bits per heavy atom. The fourth-order valence-electron chi connectivity index (χ4n) is 2.74. The minimum Gasteiger partial charge on any atom is -0.497 e. The molecule has 7 heteroatoms. The van der Waals surface area contributed by atoms with Crippen LogP contribution in [0.25, 0.3) is 6.08 Å². The zero-order valence-electron chi connectivity index (χ0n) is 16.3. The number of rotatable bonds is 7. The number of amidine groups is 1. The minimum absolute atomic E-state index is 0.197. The van der Waals surface area contributed by atoms with Gasteiger partial charge in [-0.3, -0.25) is 9.69 Å². The second kappa shape index (κ2) is 9.80. The Bertz CT molecular complexity index is 978. The highest BCUT2D eigenvalue weighted by Crippen LogP contribution is 2.31. The number of benzene rings is 2. The van der Waals surface area contributed by atoms with E-state index in [4.69, 9.17) is 14.7 Å². The van der Waals surface area contributed by atoms with Crippen LogP contribution < -0.4 is 14.4 Å². The summed E-state index contributed by atoms with van der Waals surface area (Å²) in [6.07, 6.45) is 2.97. The average Bonchev–Trinajstić information content (AvgIpc) is 3.06. The van der Waals surface area contributed by atoms with E-state index in [-0.39, 0.29) is 5.91 Å². The topological polar surface area (TPSA) is 74.9 Å². The van der Waals surface area contributed by atoms with Crippen LogP contribution in [0.2, 0.25) is 0 Å². The van der Waals surface area contributed by atoms with Crippen LogP contribution in [-0.4, -0.2) is 31.0 Å². The molecular formula is C22H21N3O3S. The van der Waals surface area contributed by atoms with Gasteiger partial charge in [0.1, 0.15) is 17.2 Å². The molecule has 0 fully saturated rings. The summed E-state index contributed by atoms with van der Waals surface area (Å²) in [4.78, 5) is 19.3. The first-order valence-corrected chi connectivity index (χ1v) is 10.1. The van der Waals surface area contributed by atoms with Crippen LogP contribution >= 0.6 is 11.8 Å². The molecule has 2 aromatic rings. The van der Waals surface area contributed by atoms with Gasteiger partial charge in [-0.15, -0.1) is 0 Å². The fraction of sp³-hybridized carbons (Fsp3) is 0.227. The molecule has 1 heterocycles. The molecule has 1 amide bonds. The molecular weight excluding hydrogens is 386 g/mol. The van der Waals surface area contributed by atoms with Crippen LogP contribution in [0.5, 0.6) is 11.5 Å². The minimum atomic E-state index is -0.197. The molecule has 148 valence electrons. The van der Waals surface area contributed by atoms with Gasteiger partial charge in [0.15, 0.2) is 5.17 Å². The number of hydrogen-bond acceptors (Lipinski definition) is 6. The number of carbonyl (C=O) groups excluding carboxylic acids is 1. The molecule has 29 heavy (non-hydrogen) atoms. The molecule has 0 spiro atoms. The van der Waals surface area contributed by atoms with Gasteiger partial charge in [0.2, 0.25) is 0 Å². The second-order valence-corrected chi connectivity index (χ2v) is 7.21. The SMILES string of the molecule is COc1ccc(/C=C2\N=C(SCCCC#N)N(c3cccc(OC)c3)C2=O)cc1. The molecule has 0 atom stereocenters. The molecule has 0 N–H and O–H groups in total. The van der Waals surface area contributed by atoms with Crippen molar-refractivity contribution in [2.24, 2.45) is 4.99 Å². The van der Waals surface area contributed by atoms with E-state index >= 15 is 0 Å². The molecule has 0 bridgehead atoms. The Balaban J connectivity index is 1.91. The lowest BCUT2D eigenvalue weighted by molar-refractivity contribution is -0.113. The Morgan fingerprint density at radius 2 is 1.90 bits per heavy atom. The van der Waals surface area contributed by atoms with E-state index < -0.39 is 0 Å². The summed E-state index contributed by atoms with van der Waals surface area (Å²) in [7, 11) is 3.20. The standard InChI is InChI=1S/C22H21N3O3S/c1-27-18-10-8-16(9-11-18)14-20-21(26)25(17-6-5-7-19(15-17)28-2)22(24-20)29-13-4-3-12-23/h5-11,14-15H,3-4,13H2,1-2H3/b20-14-. The third-order valence-electron chi connectivity index (χ3n) is 4.22. The first kappa shape index (κ1) is 20.5. The summed E-state index contributed by atoms with van der Waals surface area (Å²) < 4.78 is 10.5. The molecule has 0 aliphatic carbocycles. The monoisotopic (exact) mass is 407 g/mol. The number of hydrogen-bond donors (Lipinski definition) is 0. The summed E-state index contributed by atoms with van der Waals surface area (Å²) >= 11 is 1.47. The first-order valence-electron chi connectivity index (χ1n) is 9.09. The summed E-state index contributed by atoms with van der Waals surface area (Å²) in [6.45, 7) is 0. The third-order valence-corrected chi connectivity index (χ3v) is 5.25. The Labute approximate surface area is 174 Å². The Morgan fingerprint density at radius 1 is 1.14 bits per heavy atom. The number of carbonyl (C=O) groups is 1. The highest BCUT2D eigenvalue weighted by atomic mass is 32.2. The van der Waals surface area contributed by atoms with Crippen LogP contribution in [0, 0.1) is 11.3 Å². The number of thioether (sulfide) groups is 1. The van der Waals surface area contributed by atoms with Crippen molar-refractivity contribution >= 4 is 34.6 Å². The maximum Gasteiger partial charge on any atom is 0.283 e. The number of methoxy groups -OCH3 is 2. The van der Waals surface area contributed by atoms with Crippen LogP contribution in [0.1, 0.15) is 18.4 Å². The lowest BCUT2D eigenvalue weighted by Crippen LogP contribution is -2.30. The molecule has 1 aliphatic heterocycles. The third kappa shape index (κ3) is 4.98. The predicted octanol–water partition coefficient (Wildman–Crippen LogP) is 4.48. The van der Waals surface area contributed by atoms with E-state index in [9.17, 15) is 4.79 Å². The molecule has 0 unspecified atom stereocenters. The van der Waals surface area contributed by atoms with E-state index in [0.717, 1.165) is 17.7 Å². The first-order chi connectivity index (χ1) is 14.2. The number of unbranched alkanes of at least 4 members (excludes halogenated alkanes) is 1. The zero-order valence-corrected chi connectivity index (χ0v) is 17.1. The molecule has 0 aromatic heterocycles. The second-order valence-electron chi connectivity index (χ2n) is 6.15. The fourth-order valence-corrected chi connectivity index (χ4v) is 3.69. The quantitative estimate of drug-likeness (QED) is 0.499. The van der Waals surface area contributed by atoms with Crippen molar-refractivity contribution < 1.29 is 14.3 Å². The predicted molar refractivity (Wildman–Crippen MR) is 116 cm³/mol. The summed E-state index contributed by atoms with van der Waals surface area (Å²) in [5.41, 5.74) is 1.92. The van der Waals surface area contributed by atoms with Gasteiger partial charge < -0.3 is 9.47 Å². The lowest BCUT2D eigenvalue weighted by Gasteiger charge is -2.18. The van der Waals surface area contributed by atoms with E-state index in [2.05, 4.69) is 11.1 Å². The summed E-state index contributed by atoms with van der Waals surface area (Å²) in [5.74, 6) is 1.92. The molecule has 0 radical (unpaired) electrons. The van der Waals surface area contributed by atoms with Crippen molar-refractivity contribution in [3.8, 4) is 17.6 Å². The highest BCUT2D eigenvalue weighted by molar-refractivity contribution is 8.14. The normalized spacial score (nSPS) is 14.7. The van der Waals surface area contributed by atoms with Crippen LogP contribution in [-0.2, 0) is 4.79 Å². The van der Waals surface area contributed by atoms with Crippen molar-refractivity contribution in [3.05, 3.63) is 59.8 Å². The van der Waals surface area contributed by atoms with Gasteiger partial charge in [0, 0.05) is 18.2 Å². The largest absolute Gasteiger partial charge is 0.497 e. The number of nitrogens with zero attached hydrogens (tertiary/aromatic N) is 3. The van der Waals surface area contributed by atoms with Crippen molar-refractivity contribution in [2.75, 3.05) is 24.9 Å². The lowest BCUT2D eigenvalue weighted by atomic mass is 10.2. The smallest absolute Gasteiger partial charge is 0.283 e. The molecule has 2 aromatic carbocycles. The van der Waals surface area contributed by atoms with Crippen LogP contribution in [0.4, 0.5) is 5.69 Å². The van der Waals surface area contributed by atoms with Gasteiger partial charge in [-0.1, -0.05) is 30.0 Å². The van der Waals surface area contributed by atoms with Gasteiger partial charge in [0.05, 0.1) is 26.0 Å². The average molecular weight is 407 g/mol. The van der Waals surface area contributed by atoms with Crippen molar-refractivity contribution in [1.29, 1.82) is 5.26 Å². The number of anilines is 1. The van der Waals surface area contributed by atoms with Crippen molar-refractivity contribution in [3.63, 3.8) is 0 Å². The summed E-state index contributed by atoms with van der Waals surface area (Å²) in [5, 5.41) is 9.34. The molecule has 0 saturated heterocycles. The molecule has 6 nitrogen and oxygen atoms in total. The van der Waals surface area contributed by atoms with Gasteiger partial charge in [0.25, 0.3) is 5.91 Å². The van der Waals surface area contributed by atoms with E-state index in [0.29, 0.717) is 34.5 Å².